The molecule has 2 amide bonds. The molecule has 3 fully saturated rings. The van der Waals surface area contributed by atoms with Crippen molar-refractivity contribution in [3.8, 4) is 0 Å². The van der Waals surface area contributed by atoms with Crippen molar-refractivity contribution in [2.24, 2.45) is 5.41 Å². The zero-order valence-electron chi connectivity index (χ0n) is 13.9. The summed E-state index contributed by atoms with van der Waals surface area (Å²) in [6.45, 7) is 2.64. The average Bonchev–Trinajstić information content (AvgIpc) is 3.19. The largest absolute Gasteiger partial charge is 0.445 e. The molecule has 1 spiro atoms. The van der Waals surface area contributed by atoms with Crippen LogP contribution in [-0.2, 0) is 16.1 Å². The van der Waals surface area contributed by atoms with Gasteiger partial charge >= 0.3 is 6.09 Å². The van der Waals surface area contributed by atoms with Gasteiger partial charge in [-0.15, -0.1) is 0 Å². The monoisotopic (exact) mass is 328 g/mol. The van der Waals surface area contributed by atoms with Crippen LogP contribution in [0.25, 0.3) is 0 Å². The van der Waals surface area contributed by atoms with Crippen LogP contribution in [0.1, 0.15) is 37.7 Å². The fourth-order valence-electron chi connectivity index (χ4n) is 4.68. The van der Waals surface area contributed by atoms with Crippen molar-refractivity contribution < 1.29 is 14.3 Å². The lowest BCUT2D eigenvalue weighted by Gasteiger charge is -2.41. The van der Waals surface area contributed by atoms with Gasteiger partial charge in [0.1, 0.15) is 6.61 Å². The Bertz CT molecular complexity index is 623. The van der Waals surface area contributed by atoms with E-state index in [-0.39, 0.29) is 11.5 Å². The molecule has 5 nitrogen and oxygen atoms in total. The Labute approximate surface area is 142 Å². The molecule has 0 saturated carbocycles. The van der Waals surface area contributed by atoms with Gasteiger partial charge in [-0.25, -0.2) is 4.79 Å². The number of amides is 2. The molecule has 3 aliphatic rings. The van der Waals surface area contributed by atoms with Crippen LogP contribution in [0.3, 0.4) is 0 Å². The maximum Gasteiger partial charge on any atom is 0.410 e. The number of likely N-dealkylation sites (tertiary alicyclic amines) is 1. The molecule has 0 radical (unpaired) electrons. The quantitative estimate of drug-likeness (QED) is 0.839. The van der Waals surface area contributed by atoms with Crippen LogP contribution in [0.4, 0.5) is 4.79 Å². The van der Waals surface area contributed by atoms with Crippen molar-refractivity contribution >= 4 is 12.0 Å². The number of benzene rings is 1. The number of ether oxygens (including phenoxy) is 1. The molecule has 3 aliphatic heterocycles. The van der Waals surface area contributed by atoms with Crippen LogP contribution in [0.15, 0.2) is 30.3 Å². The molecule has 3 heterocycles. The zero-order chi connectivity index (χ0) is 16.6. The summed E-state index contributed by atoms with van der Waals surface area (Å²) in [5.41, 5.74) is 1.10. The van der Waals surface area contributed by atoms with Crippen molar-refractivity contribution in [2.75, 3.05) is 19.6 Å². The molecule has 24 heavy (non-hydrogen) atoms. The minimum atomic E-state index is -0.235. The van der Waals surface area contributed by atoms with E-state index in [0.717, 1.165) is 37.8 Å². The third-order valence-corrected chi connectivity index (χ3v) is 6.01. The smallest absolute Gasteiger partial charge is 0.410 e. The van der Waals surface area contributed by atoms with E-state index in [4.69, 9.17) is 4.74 Å². The van der Waals surface area contributed by atoms with Crippen LogP contribution in [0.5, 0.6) is 0 Å². The molecule has 0 bridgehead atoms. The first-order chi connectivity index (χ1) is 11.7. The van der Waals surface area contributed by atoms with Gasteiger partial charge in [-0.05, 0) is 31.2 Å². The molecule has 1 aromatic carbocycles. The van der Waals surface area contributed by atoms with Gasteiger partial charge in [-0.3, -0.25) is 4.79 Å². The summed E-state index contributed by atoms with van der Waals surface area (Å²) in [5, 5.41) is 0. The van der Waals surface area contributed by atoms with Gasteiger partial charge in [0.25, 0.3) is 0 Å². The number of carbonyl (C=O) groups is 2. The number of piperidine rings is 1. The van der Waals surface area contributed by atoms with Gasteiger partial charge in [0.05, 0.1) is 0 Å². The second-order valence-corrected chi connectivity index (χ2v) is 7.31. The first kappa shape index (κ1) is 15.5. The molecule has 0 N–H and O–H groups in total. The van der Waals surface area contributed by atoms with E-state index < -0.39 is 0 Å². The van der Waals surface area contributed by atoms with E-state index in [1.54, 1.807) is 4.90 Å². The number of nitrogens with zero attached hydrogens (tertiary/aromatic N) is 2. The third-order valence-electron chi connectivity index (χ3n) is 6.01. The molecule has 0 aromatic heterocycles. The molecule has 1 atom stereocenters. The Balaban J connectivity index is 1.33. The van der Waals surface area contributed by atoms with Crippen molar-refractivity contribution in [1.82, 2.24) is 9.80 Å². The summed E-state index contributed by atoms with van der Waals surface area (Å²) < 4.78 is 5.44. The number of hydrogen-bond acceptors (Lipinski definition) is 3. The predicted molar refractivity (Wildman–Crippen MR) is 89.2 cm³/mol. The Morgan fingerprint density at radius 2 is 1.92 bits per heavy atom. The van der Waals surface area contributed by atoms with Gasteiger partial charge in [0.2, 0.25) is 5.91 Å². The summed E-state index contributed by atoms with van der Waals surface area (Å²) in [4.78, 5) is 28.4. The van der Waals surface area contributed by atoms with Crippen molar-refractivity contribution in [3.63, 3.8) is 0 Å². The highest BCUT2D eigenvalue weighted by Crippen LogP contribution is 2.49. The Morgan fingerprint density at radius 1 is 1.17 bits per heavy atom. The lowest BCUT2D eigenvalue weighted by Crippen LogP contribution is -2.47. The van der Waals surface area contributed by atoms with E-state index in [2.05, 4.69) is 4.90 Å². The van der Waals surface area contributed by atoms with Gasteiger partial charge in [0.15, 0.2) is 0 Å². The Kier molecular flexibility index (Phi) is 3.94. The molecule has 5 heteroatoms. The highest BCUT2D eigenvalue weighted by Gasteiger charge is 2.54. The van der Waals surface area contributed by atoms with Crippen LogP contribution in [0, 0.1) is 5.41 Å². The van der Waals surface area contributed by atoms with E-state index in [0.29, 0.717) is 38.1 Å². The third kappa shape index (κ3) is 2.66. The number of rotatable bonds is 2. The van der Waals surface area contributed by atoms with Crippen molar-refractivity contribution in [2.45, 2.75) is 44.8 Å². The summed E-state index contributed by atoms with van der Waals surface area (Å²) >= 11 is 0. The van der Waals surface area contributed by atoms with Crippen LogP contribution >= 0.6 is 0 Å². The van der Waals surface area contributed by atoms with Crippen molar-refractivity contribution in [1.29, 1.82) is 0 Å². The maximum absolute atomic E-state index is 12.3. The molecular weight excluding hydrogens is 304 g/mol. The van der Waals surface area contributed by atoms with Crippen molar-refractivity contribution in [3.05, 3.63) is 35.9 Å². The lowest BCUT2D eigenvalue weighted by molar-refractivity contribution is -0.127. The molecule has 0 aliphatic carbocycles. The summed E-state index contributed by atoms with van der Waals surface area (Å²) in [6.07, 6.45) is 4.53. The van der Waals surface area contributed by atoms with Gasteiger partial charge in [-0.1, -0.05) is 30.3 Å². The minimum Gasteiger partial charge on any atom is -0.445 e. The number of carbonyl (C=O) groups excluding carboxylic acids is 2. The maximum atomic E-state index is 12.3. The summed E-state index contributed by atoms with van der Waals surface area (Å²) in [5.74, 6) is 0.317. The summed E-state index contributed by atoms with van der Waals surface area (Å²) in [7, 11) is 0. The second kappa shape index (κ2) is 6.11. The molecule has 1 aromatic rings. The van der Waals surface area contributed by atoms with Gasteiger partial charge in [0, 0.05) is 37.5 Å². The van der Waals surface area contributed by atoms with E-state index in [1.165, 1.54) is 0 Å². The fraction of sp³-hybridized carbons (Fsp3) is 0.579. The van der Waals surface area contributed by atoms with Crippen LogP contribution < -0.4 is 0 Å². The van der Waals surface area contributed by atoms with Gasteiger partial charge in [-0.2, -0.15) is 0 Å². The molecule has 3 saturated heterocycles. The Hall–Kier alpha value is -2.04. The first-order valence-electron chi connectivity index (χ1n) is 8.93. The van der Waals surface area contributed by atoms with E-state index in [9.17, 15) is 9.59 Å². The van der Waals surface area contributed by atoms with E-state index in [1.807, 2.05) is 30.3 Å². The highest BCUT2D eigenvalue weighted by atomic mass is 16.6. The minimum absolute atomic E-state index is 0.101. The number of fused-ring (bicyclic) bond motifs is 2. The Morgan fingerprint density at radius 3 is 2.67 bits per heavy atom. The van der Waals surface area contributed by atoms with Crippen LogP contribution in [-0.4, -0.2) is 47.5 Å². The predicted octanol–water partition coefficient (Wildman–Crippen LogP) is 2.80. The molecule has 1 unspecified atom stereocenters. The van der Waals surface area contributed by atoms with Gasteiger partial charge < -0.3 is 14.5 Å². The first-order valence-corrected chi connectivity index (χ1v) is 8.93. The lowest BCUT2D eigenvalue weighted by atomic mass is 9.71. The van der Waals surface area contributed by atoms with Crippen LogP contribution in [0.2, 0.25) is 0 Å². The standard InChI is InChI=1S/C19H24N2O3/c22-17-13-19(16-7-4-10-21(16)17)8-11-20(12-9-19)18(23)24-14-15-5-2-1-3-6-15/h1-3,5-6,16H,4,7-14H2. The fourth-order valence-corrected chi connectivity index (χ4v) is 4.68. The average molecular weight is 328 g/mol. The second-order valence-electron chi connectivity index (χ2n) is 7.31. The highest BCUT2D eigenvalue weighted by molar-refractivity contribution is 5.80. The summed E-state index contributed by atoms with van der Waals surface area (Å²) in [6, 6.07) is 10.2. The zero-order valence-corrected chi connectivity index (χ0v) is 13.9. The topological polar surface area (TPSA) is 49.9 Å². The molecular formula is C19H24N2O3. The number of hydrogen-bond donors (Lipinski definition) is 0. The van der Waals surface area contributed by atoms with E-state index >= 15 is 0 Å². The molecule has 128 valence electrons. The SMILES string of the molecule is O=C(OCc1ccccc1)N1CCC2(CC1)CC(=O)N1CCCC12. The normalized spacial score (nSPS) is 25.2. The molecule has 4 rings (SSSR count).